The summed E-state index contributed by atoms with van der Waals surface area (Å²) in [5.41, 5.74) is 5.61. The third-order valence-corrected chi connectivity index (χ3v) is 7.33. The third kappa shape index (κ3) is 4.19. The van der Waals surface area contributed by atoms with Crippen LogP contribution in [0.3, 0.4) is 0 Å². The zero-order valence-electron chi connectivity index (χ0n) is 16.7. The van der Waals surface area contributed by atoms with Crippen molar-refractivity contribution in [3.63, 3.8) is 0 Å². The Balaban J connectivity index is 1.49. The molecule has 0 saturated heterocycles. The van der Waals surface area contributed by atoms with E-state index in [4.69, 9.17) is 0 Å². The molecule has 0 N–H and O–H groups in total. The molecular weight excluding hydrogens is 344 g/mol. The van der Waals surface area contributed by atoms with Crippen LogP contribution < -0.4 is 0 Å². The lowest BCUT2D eigenvalue weighted by atomic mass is 9.79. The SMILES string of the molecule is CC1CCC(c2ccc(-c3ccc(-c4ccc(C(C)C)cc4)s3)cc2)CC1. The molecule has 0 bridgehead atoms. The molecule has 3 aromatic rings. The molecule has 0 atom stereocenters. The quantitative estimate of drug-likeness (QED) is 0.429. The Morgan fingerprint density at radius 3 is 1.74 bits per heavy atom. The van der Waals surface area contributed by atoms with Crippen LogP contribution >= 0.6 is 11.3 Å². The van der Waals surface area contributed by atoms with Crippen molar-refractivity contribution in [2.75, 3.05) is 0 Å². The monoisotopic (exact) mass is 374 g/mol. The van der Waals surface area contributed by atoms with E-state index in [9.17, 15) is 0 Å². The first-order valence-electron chi connectivity index (χ1n) is 10.4. The third-order valence-electron chi connectivity index (χ3n) is 6.15. The van der Waals surface area contributed by atoms with Crippen LogP contribution in [0.5, 0.6) is 0 Å². The number of hydrogen-bond acceptors (Lipinski definition) is 1. The average Bonchev–Trinajstić information content (AvgIpc) is 3.19. The topological polar surface area (TPSA) is 0 Å². The fourth-order valence-corrected chi connectivity index (χ4v) is 5.21. The van der Waals surface area contributed by atoms with Gasteiger partial charge in [-0.2, -0.15) is 0 Å². The lowest BCUT2D eigenvalue weighted by Gasteiger charge is -2.26. The minimum atomic E-state index is 0.587. The van der Waals surface area contributed by atoms with Crippen molar-refractivity contribution in [2.24, 2.45) is 5.92 Å². The van der Waals surface area contributed by atoms with E-state index in [0.29, 0.717) is 5.92 Å². The van der Waals surface area contributed by atoms with Gasteiger partial charge in [0.1, 0.15) is 0 Å². The van der Waals surface area contributed by atoms with Gasteiger partial charge in [-0.3, -0.25) is 0 Å². The number of benzene rings is 2. The first kappa shape index (κ1) is 18.5. The summed E-state index contributed by atoms with van der Waals surface area (Å²) in [7, 11) is 0. The molecule has 0 unspecified atom stereocenters. The summed E-state index contributed by atoms with van der Waals surface area (Å²) in [6, 6.07) is 23.0. The van der Waals surface area contributed by atoms with Crippen molar-refractivity contribution in [3.8, 4) is 20.9 Å². The van der Waals surface area contributed by atoms with Gasteiger partial charge in [-0.05, 0) is 65.0 Å². The van der Waals surface area contributed by atoms with E-state index in [1.165, 1.54) is 57.7 Å². The maximum Gasteiger partial charge on any atom is 0.0349 e. The van der Waals surface area contributed by atoms with Gasteiger partial charge in [0.2, 0.25) is 0 Å². The Kier molecular flexibility index (Phi) is 5.50. The lowest BCUT2D eigenvalue weighted by Crippen LogP contribution is -2.10. The maximum absolute atomic E-state index is 2.39. The van der Waals surface area contributed by atoms with Gasteiger partial charge >= 0.3 is 0 Å². The fraction of sp³-hybridized carbons (Fsp3) is 0.385. The smallest absolute Gasteiger partial charge is 0.0349 e. The van der Waals surface area contributed by atoms with Crippen LogP contribution in [-0.2, 0) is 0 Å². The minimum Gasteiger partial charge on any atom is -0.135 e. The van der Waals surface area contributed by atoms with Crippen molar-refractivity contribution in [3.05, 3.63) is 71.8 Å². The Morgan fingerprint density at radius 2 is 1.22 bits per heavy atom. The lowest BCUT2D eigenvalue weighted by molar-refractivity contribution is 0.348. The van der Waals surface area contributed by atoms with Crippen LogP contribution in [0.1, 0.15) is 69.4 Å². The highest BCUT2D eigenvalue weighted by atomic mass is 32.1. The molecular formula is C26H30S. The molecule has 0 nitrogen and oxygen atoms in total. The summed E-state index contributed by atoms with van der Waals surface area (Å²) >= 11 is 1.90. The molecule has 0 radical (unpaired) electrons. The van der Waals surface area contributed by atoms with Gasteiger partial charge in [0.15, 0.2) is 0 Å². The summed E-state index contributed by atoms with van der Waals surface area (Å²) in [5, 5.41) is 0. The fourth-order valence-electron chi connectivity index (χ4n) is 4.19. The molecule has 0 aliphatic heterocycles. The first-order valence-corrected chi connectivity index (χ1v) is 11.2. The van der Waals surface area contributed by atoms with Gasteiger partial charge in [0.25, 0.3) is 0 Å². The van der Waals surface area contributed by atoms with Crippen LogP contribution in [0, 0.1) is 5.92 Å². The van der Waals surface area contributed by atoms with Gasteiger partial charge in [0.05, 0.1) is 0 Å². The Labute approximate surface area is 168 Å². The highest BCUT2D eigenvalue weighted by Crippen LogP contribution is 2.38. The Hall–Kier alpha value is -1.86. The maximum atomic E-state index is 2.39. The van der Waals surface area contributed by atoms with Crippen LogP contribution in [0.15, 0.2) is 60.7 Å². The van der Waals surface area contributed by atoms with Crippen molar-refractivity contribution >= 4 is 11.3 Å². The molecule has 1 aromatic heterocycles. The van der Waals surface area contributed by atoms with Crippen LogP contribution in [-0.4, -0.2) is 0 Å². The summed E-state index contributed by atoms with van der Waals surface area (Å²) in [6.45, 7) is 6.88. The van der Waals surface area contributed by atoms with Crippen LogP contribution in [0.2, 0.25) is 0 Å². The largest absolute Gasteiger partial charge is 0.135 e. The molecule has 27 heavy (non-hydrogen) atoms. The molecule has 1 fully saturated rings. The number of hydrogen-bond donors (Lipinski definition) is 0. The van der Waals surface area contributed by atoms with E-state index < -0.39 is 0 Å². The molecule has 4 rings (SSSR count). The molecule has 2 aromatic carbocycles. The van der Waals surface area contributed by atoms with E-state index in [1.54, 1.807) is 0 Å². The van der Waals surface area contributed by atoms with Crippen molar-refractivity contribution in [1.29, 1.82) is 0 Å². The number of thiophene rings is 1. The second kappa shape index (κ2) is 8.02. The van der Waals surface area contributed by atoms with E-state index in [0.717, 1.165) is 11.8 Å². The van der Waals surface area contributed by atoms with Gasteiger partial charge in [-0.1, -0.05) is 82.1 Å². The van der Waals surface area contributed by atoms with E-state index in [1.807, 2.05) is 11.3 Å². The normalized spacial score (nSPS) is 20.1. The summed E-state index contributed by atoms with van der Waals surface area (Å²) in [5.74, 6) is 2.28. The Bertz CT molecular complexity index is 859. The van der Waals surface area contributed by atoms with Gasteiger partial charge < -0.3 is 0 Å². The van der Waals surface area contributed by atoms with Gasteiger partial charge in [-0.15, -0.1) is 11.3 Å². The summed E-state index contributed by atoms with van der Waals surface area (Å²) in [6.07, 6.45) is 5.48. The summed E-state index contributed by atoms with van der Waals surface area (Å²) in [4.78, 5) is 2.72. The number of rotatable bonds is 4. The van der Waals surface area contributed by atoms with Gasteiger partial charge in [0, 0.05) is 9.75 Å². The van der Waals surface area contributed by atoms with Crippen molar-refractivity contribution in [2.45, 2.75) is 58.3 Å². The predicted octanol–water partition coefficient (Wildman–Crippen LogP) is 8.50. The molecule has 1 aliphatic carbocycles. The summed E-state index contributed by atoms with van der Waals surface area (Å²) < 4.78 is 0. The highest BCUT2D eigenvalue weighted by molar-refractivity contribution is 7.18. The molecule has 1 saturated carbocycles. The first-order chi connectivity index (χ1) is 13.1. The van der Waals surface area contributed by atoms with Crippen molar-refractivity contribution < 1.29 is 0 Å². The Morgan fingerprint density at radius 1 is 0.704 bits per heavy atom. The molecule has 0 spiro atoms. The van der Waals surface area contributed by atoms with E-state index in [-0.39, 0.29) is 0 Å². The average molecular weight is 375 g/mol. The predicted molar refractivity (Wildman–Crippen MR) is 120 cm³/mol. The molecule has 140 valence electrons. The highest BCUT2D eigenvalue weighted by Gasteiger charge is 2.19. The second-order valence-electron chi connectivity index (χ2n) is 8.52. The molecule has 1 aliphatic rings. The van der Waals surface area contributed by atoms with E-state index >= 15 is 0 Å². The van der Waals surface area contributed by atoms with Crippen molar-refractivity contribution in [1.82, 2.24) is 0 Å². The van der Waals surface area contributed by atoms with Crippen LogP contribution in [0.25, 0.3) is 20.9 Å². The zero-order valence-corrected chi connectivity index (χ0v) is 17.6. The minimum absolute atomic E-state index is 0.587. The van der Waals surface area contributed by atoms with Crippen LogP contribution in [0.4, 0.5) is 0 Å². The molecule has 1 heteroatoms. The second-order valence-corrected chi connectivity index (χ2v) is 9.60. The zero-order chi connectivity index (χ0) is 18.8. The standard InChI is InChI=1S/C26H30S/c1-18(2)20-8-12-23(13-9-20)25-16-17-26(27-25)24-14-10-22(11-15-24)21-6-4-19(3)5-7-21/h8-19,21H,4-7H2,1-3H3. The molecule has 0 amide bonds. The van der Waals surface area contributed by atoms with Gasteiger partial charge in [-0.25, -0.2) is 0 Å². The molecule has 1 heterocycles. The van der Waals surface area contributed by atoms with E-state index in [2.05, 4.69) is 81.4 Å².